The van der Waals surface area contributed by atoms with E-state index in [1.54, 1.807) is 6.07 Å². The minimum absolute atomic E-state index is 0.0875. The van der Waals surface area contributed by atoms with Crippen LogP contribution in [0.15, 0.2) is 18.2 Å². The normalized spacial score (nSPS) is 11.0. The predicted molar refractivity (Wildman–Crippen MR) is 56.4 cm³/mol. The van der Waals surface area contributed by atoms with Crippen molar-refractivity contribution in [1.82, 2.24) is 0 Å². The number of hydrogen-bond donors (Lipinski definition) is 0. The molecule has 0 aliphatic heterocycles. The first-order valence-electron chi connectivity index (χ1n) is 4.12. The predicted octanol–water partition coefficient (Wildman–Crippen LogP) is 4.19. The van der Waals surface area contributed by atoms with Gasteiger partial charge in [-0.05, 0) is 11.0 Å². The summed E-state index contributed by atoms with van der Waals surface area (Å²) in [7, 11) is 0. The van der Waals surface area contributed by atoms with Gasteiger partial charge in [0.25, 0.3) is 0 Å². The van der Waals surface area contributed by atoms with Crippen LogP contribution < -0.4 is 0 Å². The molecule has 0 aliphatic rings. The van der Waals surface area contributed by atoms with Crippen LogP contribution in [0.1, 0.15) is 26.3 Å². The van der Waals surface area contributed by atoms with Crippen molar-refractivity contribution in [2.24, 2.45) is 0 Å². The number of benzene rings is 1. The van der Waals surface area contributed by atoms with Crippen LogP contribution in [0.25, 0.3) is 4.85 Å². The van der Waals surface area contributed by atoms with Gasteiger partial charge in [0.05, 0.1) is 6.57 Å². The summed E-state index contributed by atoms with van der Waals surface area (Å²) in [6, 6.07) is 5.60. The minimum Gasteiger partial charge on any atom is -0.237 e. The van der Waals surface area contributed by atoms with E-state index in [0.717, 1.165) is 5.56 Å². The van der Waals surface area contributed by atoms with E-state index in [0.29, 0.717) is 10.7 Å². The Morgan fingerprint density at radius 2 is 1.92 bits per heavy atom. The number of halogens is 1. The fourth-order valence-electron chi connectivity index (χ4n) is 1.06. The zero-order valence-corrected chi connectivity index (χ0v) is 8.81. The summed E-state index contributed by atoms with van der Waals surface area (Å²) in [5.74, 6) is 0. The largest absolute Gasteiger partial charge is 0.237 e. The van der Waals surface area contributed by atoms with Crippen LogP contribution in [0.4, 0.5) is 5.69 Å². The zero-order valence-electron chi connectivity index (χ0n) is 8.06. The van der Waals surface area contributed by atoms with E-state index in [9.17, 15) is 0 Å². The van der Waals surface area contributed by atoms with Gasteiger partial charge in [-0.3, -0.25) is 0 Å². The summed E-state index contributed by atoms with van der Waals surface area (Å²) >= 11 is 5.92. The van der Waals surface area contributed by atoms with Gasteiger partial charge in [-0.25, -0.2) is 4.85 Å². The molecule has 0 atom stereocenters. The molecular weight excluding hydrogens is 182 g/mol. The summed E-state index contributed by atoms with van der Waals surface area (Å²) in [6.45, 7) is 13.2. The van der Waals surface area contributed by atoms with Crippen molar-refractivity contribution in [3.8, 4) is 0 Å². The molecule has 1 aromatic rings. The molecule has 1 rings (SSSR count). The van der Waals surface area contributed by atoms with Crippen molar-refractivity contribution in [1.29, 1.82) is 0 Å². The molecule has 0 bridgehead atoms. The molecule has 0 spiro atoms. The standard InChI is InChI=1S/C11H12ClN/c1-11(2,3)8-5-6-10(13-4)9(12)7-8/h5-7H,1-3H3. The maximum atomic E-state index is 6.85. The summed E-state index contributed by atoms with van der Waals surface area (Å²) in [6.07, 6.45) is 0. The lowest BCUT2D eigenvalue weighted by atomic mass is 9.87. The van der Waals surface area contributed by atoms with Crippen LogP contribution in [0, 0.1) is 6.57 Å². The molecule has 0 fully saturated rings. The highest BCUT2D eigenvalue weighted by molar-refractivity contribution is 6.33. The van der Waals surface area contributed by atoms with Gasteiger partial charge in [0.1, 0.15) is 0 Å². The van der Waals surface area contributed by atoms with Gasteiger partial charge in [0.2, 0.25) is 5.69 Å². The van der Waals surface area contributed by atoms with E-state index in [2.05, 4.69) is 25.6 Å². The zero-order chi connectivity index (χ0) is 10.1. The molecule has 0 aromatic heterocycles. The molecule has 68 valence electrons. The minimum atomic E-state index is 0.0875. The number of hydrogen-bond acceptors (Lipinski definition) is 0. The number of rotatable bonds is 0. The molecule has 0 aliphatic carbocycles. The van der Waals surface area contributed by atoms with Crippen molar-refractivity contribution in [3.63, 3.8) is 0 Å². The Balaban J connectivity index is 3.20. The van der Waals surface area contributed by atoms with Crippen molar-refractivity contribution in [2.45, 2.75) is 26.2 Å². The summed E-state index contributed by atoms with van der Waals surface area (Å²) in [4.78, 5) is 3.31. The molecule has 0 saturated heterocycles. The third-order valence-corrected chi connectivity index (χ3v) is 2.24. The summed E-state index contributed by atoms with van der Waals surface area (Å²) < 4.78 is 0. The number of nitrogens with zero attached hydrogens (tertiary/aromatic N) is 1. The average molecular weight is 194 g/mol. The van der Waals surface area contributed by atoms with Gasteiger partial charge >= 0.3 is 0 Å². The summed E-state index contributed by atoms with van der Waals surface area (Å²) in [5, 5.41) is 0.544. The maximum Gasteiger partial charge on any atom is 0.205 e. The second kappa shape index (κ2) is 3.40. The quantitative estimate of drug-likeness (QED) is 0.545. The first-order chi connectivity index (χ1) is 5.95. The molecule has 0 radical (unpaired) electrons. The van der Waals surface area contributed by atoms with Gasteiger partial charge < -0.3 is 0 Å². The Hall–Kier alpha value is -1.00. The van der Waals surface area contributed by atoms with Gasteiger partial charge in [-0.15, -0.1) is 0 Å². The molecule has 0 N–H and O–H groups in total. The van der Waals surface area contributed by atoms with Crippen LogP contribution in [0.3, 0.4) is 0 Å². The van der Waals surface area contributed by atoms with Crippen molar-refractivity contribution in [2.75, 3.05) is 0 Å². The van der Waals surface area contributed by atoms with E-state index in [1.807, 2.05) is 12.1 Å². The molecule has 2 heteroatoms. The highest BCUT2D eigenvalue weighted by Crippen LogP contribution is 2.31. The van der Waals surface area contributed by atoms with E-state index < -0.39 is 0 Å². The molecule has 1 nitrogen and oxygen atoms in total. The fraction of sp³-hybridized carbons (Fsp3) is 0.364. The van der Waals surface area contributed by atoms with Crippen molar-refractivity contribution >= 4 is 17.3 Å². The van der Waals surface area contributed by atoms with Crippen molar-refractivity contribution < 1.29 is 0 Å². The second-order valence-electron chi connectivity index (χ2n) is 4.03. The van der Waals surface area contributed by atoms with E-state index in [-0.39, 0.29) is 5.41 Å². The Morgan fingerprint density at radius 3 is 2.31 bits per heavy atom. The van der Waals surface area contributed by atoms with Gasteiger partial charge in [-0.2, -0.15) is 0 Å². The lowest BCUT2D eigenvalue weighted by molar-refractivity contribution is 0.590. The smallest absolute Gasteiger partial charge is 0.205 e. The fourth-order valence-corrected chi connectivity index (χ4v) is 1.29. The van der Waals surface area contributed by atoms with Gasteiger partial charge in [0.15, 0.2) is 0 Å². The molecule has 0 heterocycles. The van der Waals surface area contributed by atoms with Crippen LogP contribution in [0.2, 0.25) is 5.02 Å². The highest BCUT2D eigenvalue weighted by atomic mass is 35.5. The van der Waals surface area contributed by atoms with E-state index in [4.69, 9.17) is 18.2 Å². The lowest BCUT2D eigenvalue weighted by Crippen LogP contribution is -2.10. The van der Waals surface area contributed by atoms with Gasteiger partial charge in [-0.1, -0.05) is 50.6 Å². The molecular formula is C11H12ClN. The highest BCUT2D eigenvalue weighted by Gasteiger charge is 2.14. The molecule has 0 amide bonds. The second-order valence-corrected chi connectivity index (χ2v) is 4.44. The molecule has 0 unspecified atom stereocenters. The Morgan fingerprint density at radius 1 is 1.31 bits per heavy atom. The first-order valence-corrected chi connectivity index (χ1v) is 4.50. The van der Waals surface area contributed by atoms with Crippen molar-refractivity contribution in [3.05, 3.63) is 40.2 Å². The third-order valence-electron chi connectivity index (χ3n) is 1.93. The molecule has 0 saturated carbocycles. The van der Waals surface area contributed by atoms with E-state index in [1.165, 1.54) is 0 Å². The van der Waals surface area contributed by atoms with Crippen LogP contribution in [0.5, 0.6) is 0 Å². The first kappa shape index (κ1) is 10.1. The average Bonchev–Trinajstić information content (AvgIpc) is 2.02. The third kappa shape index (κ3) is 2.23. The monoisotopic (exact) mass is 193 g/mol. The summed E-state index contributed by atoms with van der Waals surface area (Å²) in [5.41, 5.74) is 1.77. The van der Waals surface area contributed by atoms with Crippen LogP contribution in [-0.4, -0.2) is 0 Å². The van der Waals surface area contributed by atoms with E-state index >= 15 is 0 Å². The maximum absolute atomic E-state index is 6.85. The van der Waals surface area contributed by atoms with Crippen LogP contribution >= 0.6 is 11.6 Å². The SMILES string of the molecule is [C-]#[N+]c1ccc(C(C)(C)C)cc1Cl. The Labute approximate surface area is 84.2 Å². The lowest BCUT2D eigenvalue weighted by Gasteiger charge is -2.19. The molecule has 13 heavy (non-hydrogen) atoms. The molecule has 1 aromatic carbocycles. The topological polar surface area (TPSA) is 4.36 Å². The van der Waals surface area contributed by atoms with Crippen LogP contribution in [-0.2, 0) is 5.41 Å². The van der Waals surface area contributed by atoms with Gasteiger partial charge in [0, 0.05) is 5.02 Å². The Bertz CT molecular complexity index is 355. The Kier molecular flexibility index (Phi) is 2.63.